The van der Waals surface area contributed by atoms with Crippen LogP contribution in [0.15, 0.2) is 18.2 Å². The number of hydrogen-bond donors (Lipinski definition) is 0. The van der Waals surface area contributed by atoms with Gasteiger partial charge in [-0.05, 0) is 6.07 Å². The van der Waals surface area contributed by atoms with E-state index in [9.17, 15) is 4.79 Å². The van der Waals surface area contributed by atoms with E-state index in [0.717, 1.165) is 5.69 Å². The Labute approximate surface area is 94.6 Å². The van der Waals surface area contributed by atoms with E-state index < -0.39 is 0 Å². The number of rotatable bonds is 3. The summed E-state index contributed by atoms with van der Waals surface area (Å²) in [5.74, 6) is 0.811. The van der Waals surface area contributed by atoms with Crippen LogP contribution in [0.25, 0.3) is 0 Å². The lowest BCUT2D eigenvalue weighted by molar-refractivity contribution is -0.130. The summed E-state index contributed by atoms with van der Waals surface area (Å²) in [6.45, 7) is 1.07. The van der Waals surface area contributed by atoms with Crippen LogP contribution < -0.4 is 4.74 Å². The summed E-state index contributed by atoms with van der Waals surface area (Å²) >= 11 is 0. The second kappa shape index (κ2) is 5.07. The van der Waals surface area contributed by atoms with Crippen molar-refractivity contribution >= 4 is 5.78 Å². The molecule has 1 aliphatic rings. The van der Waals surface area contributed by atoms with E-state index in [0.29, 0.717) is 31.9 Å². The van der Waals surface area contributed by atoms with Gasteiger partial charge in [-0.1, -0.05) is 6.07 Å². The normalized spacial score (nSPS) is 20.8. The van der Waals surface area contributed by atoms with Crippen molar-refractivity contribution in [2.45, 2.75) is 12.8 Å². The number of carbonyl (C=O) groups is 1. The molecule has 1 atom stereocenters. The minimum atomic E-state index is -0.0478. The van der Waals surface area contributed by atoms with E-state index in [4.69, 9.17) is 9.47 Å². The molecule has 1 aliphatic heterocycles. The molecule has 16 heavy (non-hydrogen) atoms. The zero-order valence-electron chi connectivity index (χ0n) is 9.31. The van der Waals surface area contributed by atoms with Crippen molar-refractivity contribution in [2.24, 2.45) is 5.92 Å². The van der Waals surface area contributed by atoms with Gasteiger partial charge in [0.15, 0.2) is 0 Å². The van der Waals surface area contributed by atoms with Crippen LogP contribution in [-0.4, -0.2) is 31.1 Å². The van der Waals surface area contributed by atoms with Crippen LogP contribution in [0.5, 0.6) is 5.88 Å². The average molecular weight is 221 g/mol. The van der Waals surface area contributed by atoms with Crippen LogP contribution in [0.3, 0.4) is 0 Å². The highest BCUT2D eigenvalue weighted by atomic mass is 16.5. The van der Waals surface area contributed by atoms with Crippen LogP contribution in [0.4, 0.5) is 0 Å². The molecule has 0 amide bonds. The van der Waals surface area contributed by atoms with E-state index in [1.165, 1.54) is 0 Å². The number of ketones is 1. The van der Waals surface area contributed by atoms with Gasteiger partial charge in [0, 0.05) is 30.5 Å². The van der Waals surface area contributed by atoms with Crippen molar-refractivity contribution in [3.8, 4) is 5.88 Å². The quantitative estimate of drug-likeness (QED) is 0.770. The molecule has 1 unspecified atom stereocenters. The van der Waals surface area contributed by atoms with Crippen molar-refractivity contribution in [1.82, 2.24) is 4.98 Å². The maximum absolute atomic E-state index is 11.6. The fourth-order valence-corrected chi connectivity index (χ4v) is 1.81. The topological polar surface area (TPSA) is 48.4 Å². The SMILES string of the molecule is COc1cccc(CC2COCCC2=O)n1. The predicted octanol–water partition coefficient (Wildman–Crippen LogP) is 1.24. The second-order valence-electron chi connectivity index (χ2n) is 3.86. The van der Waals surface area contributed by atoms with Crippen LogP contribution in [0, 0.1) is 5.92 Å². The summed E-state index contributed by atoms with van der Waals surface area (Å²) in [4.78, 5) is 15.9. The van der Waals surface area contributed by atoms with Crippen LogP contribution in [0.2, 0.25) is 0 Å². The molecular weight excluding hydrogens is 206 g/mol. The number of nitrogens with zero attached hydrogens (tertiary/aromatic N) is 1. The van der Waals surface area contributed by atoms with Gasteiger partial charge in [-0.25, -0.2) is 4.98 Å². The molecule has 0 aliphatic carbocycles. The molecule has 1 aromatic heterocycles. The fraction of sp³-hybridized carbons (Fsp3) is 0.500. The summed E-state index contributed by atoms with van der Waals surface area (Å²) in [5, 5.41) is 0. The van der Waals surface area contributed by atoms with E-state index >= 15 is 0 Å². The molecule has 4 heteroatoms. The third-order valence-electron chi connectivity index (χ3n) is 2.71. The molecule has 2 rings (SSSR count). The lowest BCUT2D eigenvalue weighted by Gasteiger charge is -2.20. The fourth-order valence-electron chi connectivity index (χ4n) is 1.81. The predicted molar refractivity (Wildman–Crippen MR) is 58.4 cm³/mol. The minimum absolute atomic E-state index is 0.0478. The Morgan fingerprint density at radius 1 is 1.56 bits per heavy atom. The summed E-state index contributed by atoms with van der Waals surface area (Å²) in [6, 6.07) is 5.59. The Morgan fingerprint density at radius 2 is 2.44 bits per heavy atom. The van der Waals surface area contributed by atoms with Crippen LogP contribution >= 0.6 is 0 Å². The molecule has 0 saturated carbocycles. The van der Waals surface area contributed by atoms with E-state index in [2.05, 4.69) is 4.98 Å². The Balaban J connectivity index is 2.04. The van der Waals surface area contributed by atoms with Crippen molar-refractivity contribution in [3.63, 3.8) is 0 Å². The molecule has 0 radical (unpaired) electrons. The smallest absolute Gasteiger partial charge is 0.213 e. The first-order valence-corrected chi connectivity index (χ1v) is 5.40. The van der Waals surface area contributed by atoms with Crippen molar-refractivity contribution < 1.29 is 14.3 Å². The summed E-state index contributed by atoms with van der Waals surface area (Å²) < 4.78 is 10.3. The number of aromatic nitrogens is 1. The highest BCUT2D eigenvalue weighted by Crippen LogP contribution is 2.16. The number of ether oxygens (including phenoxy) is 2. The monoisotopic (exact) mass is 221 g/mol. The van der Waals surface area contributed by atoms with Gasteiger partial charge in [-0.3, -0.25) is 4.79 Å². The summed E-state index contributed by atoms with van der Waals surface area (Å²) in [6.07, 6.45) is 1.16. The van der Waals surface area contributed by atoms with Gasteiger partial charge in [0.25, 0.3) is 0 Å². The number of carbonyl (C=O) groups excluding carboxylic acids is 1. The Bertz CT molecular complexity index is 378. The van der Waals surface area contributed by atoms with E-state index in [1.54, 1.807) is 13.2 Å². The van der Waals surface area contributed by atoms with Gasteiger partial charge in [0.05, 0.1) is 20.3 Å². The van der Waals surface area contributed by atoms with Crippen LogP contribution in [-0.2, 0) is 16.0 Å². The second-order valence-corrected chi connectivity index (χ2v) is 3.86. The summed E-state index contributed by atoms with van der Waals surface area (Å²) in [7, 11) is 1.58. The van der Waals surface area contributed by atoms with Crippen LogP contribution in [0.1, 0.15) is 12.1 Å². The molecule has 1 fully saturated rings. The molecule has 4 nitrogen and oxygen atoms in total. The molecular formula is C12H15NO3. The molecule has 0 N–H and O–H groups in total. The van der Waals surface area contributed by atoms with E-state index in [-0.39, 0.29) is 11.7 Å². The molecule has 1 aromatic rings. The molecule has 2 heterocycles. The van der Waals surface area contributed by atoms with Gasteiger partial charge >= 0.3 is 0 Å². The largest absolute Gasteiger partial charge is 0.481 e. The zero-order valence-corrected chi connectivity index (χ0v) is 9.31. The first-order chi connectivity index (χ1) is 7.79. The Hall–Kier alpha value is -1.42. The third-order valence-corrected chi connectivity index (χ3v) is 2.71. The maximum atomic E-state index is 11.6. The first-order valence-electron chi connectivity index (χ1n) is 5.40. The minimum Gasteiger partial charge on any atom is -0.481 e. The van der Waals surface area contributed by atoms with Crippen molar-refractivity contribution in [1.29, 1.82) is 0 Å². The molecule has 0 spiro atoms. The molecule has 86 valence electrons. The first kappa shape index (κ1) is 11.1. The zero-order chi connectivity index (χ0) is 11.4. The maximum Gasteiger partial charge on any atom is 0.213 e. The number of methoxy groups -OCH3 is 1. The summed E-state index contributed by atoms with van der Waals surface area (Å²) in [5.41, 5.74) is 0.878. The average Bonchev–Trinajstić information content (AvgIpc) is 2.32. The van der Waals surface area contributed by atoms with Crippen molar-refractivity contribution in [3.05, 3.63) is 23.9 Å². The Morgan fingerprint density at radius 3 is 3.19 bits per heavy atom. The van der Waals surface area contributed by atoms with Gasteiger partial charge in [-0.2, -0.15) is 0 Å². The lowest BCUT2D eigenvalue weighted by atomic mass is 9.95. The van der Waals surface area contributed by atoms with Crippen molar-refractivity contribution in [2.75, 3.05) is 20.3 Å². The molecule has 0 bridgehead atoms. The number of Topliss-reactive ketones (excluding diaryl/α,β-unsaturated/α-hetero) is 1. The van der Waals surface area contributed by atoms with Gasteiger partial charge in [0.1, 0.15) is 5.78 Å². The van der Waals surface area contributed by atoms with Gasteiger partial charge in [-0.15, -0.1) is 0 Å². The lowest BCUT2D eigenvalue weighted by Crippen LogP contribution is -2.29. The molecule has 1 saturated heterocycles. The van der Waals surface area contributed by atoms with E-state index in [1.807, 2.05) is 12.1 Å². The van der Waals surface area contributed by atoms with Gasteiger partial charge < -0.3 is 9.47 Å². The highest BCUT2D eigenvalue weighted by Gasteiger charge is 2.23. The highest BCUT2D eigenvalue weighted by molar-refractivity contribution is 5.82. The number of hydrogen-bond acceptors (Lipinski definition) is 4. The standard InChI is InChI=1S/C12H15NO3/c1-15-12-4-2-3-10(13-12)7-9-8-16-6-5-11(9)14/h2-4,9H,5-8H2,1H3. The molecule has 0 aromatic carbocycles. The third kappa shape index (κ3) is 2.58. The Kier molecular flexibility index (Phi) is 3.51. The van der Waals surface area contributed by atoms with Gasteiger partial charge in [0.2, 0.25) is 5.88 Å². The number of pyridine rings is 1.